The Morgan fingerprint density at radius 2 is 1.55 bits per heavy atom. The van der Waals surface area contributed by atoms with E-state index in [4.69, 9.17) is 19.4 Å². The first-order valence-electron chi connectivity index (χ1n) is 23.7. The van der Waals surface area contributed by atoms with Crippen LogP contribution >= 0.6 is 0 Å². The number of allylic oxidation sites excluding steroid dienone is 3. The van der Waals surface area contributed by atoms with Gasteiger partial charge in [0.05, 0.1) is 7.11 Å². The van der Waals surface area contributed by atoms with E-state index in [0.29, 0.717) is 40.2 Å². The second-order valence-corrected chi connectivity index (χ2v) is 18.9. The van der Waals surface area contributed by atoms with Crippen LogP contribution in [0.15, 0.2) is 29.6 Å². The second kappa shape index (κ2) is 22.8. The molecule has 2 N–H and O–H groups in total. The molecule has 2 aliphatic heterocycles. The first kappa shape index (κ1) is 50.7. The van der Waals surface area contributed by atoms with Crippen LogP contribution in [0.2, 0.25) is 0 Å². The molecule has 3 aromatic rings. The number of fused-ring (bicyclic) bond motifs is 7. The molecule has 64 heavy (non-hydrogen) atoms. The van der Waals surface area contributed by atoms with E-state index in [-0.39, 0.29) is 59.7 Å². The third kappa shape index (κ3) is 11.2. The zero-order chi connectivity index (χ0) is 45.5. The Morgan fingerprint density at radius 3 is 2.23 bits per heavy atom. The fraction of sp³-hybridized carbons (Fsp3) is 0.537. The van der Waals surface area contributed by atoms with Gasteiger partial charge in [-0.25, -0.2) is 0 Å². The van der Waals surface area contributed by atoms with Gasteiger partial charge in [-0.05, 0) is 93.6 Å². The molecule has 0 spiro atoms. The molecule has 3 aliphatic rings. The molecular weight excluding hydrogens is 809 g/mol. The van der Waals surface area contributed by atoms with E-state index in [1.807, 2.05) is 25.2 Å². The summed E-state index contributed by atoms with van der Waals surface area (Å²) in [6.45, 7) is 23.8. The van der Waals surface area contributed by atoms with E-state index in [2.05, 4.69) is 84.4 Å². The Kier molecular flexibility index (Phi) is 18.0. The van der Waals surface area contributed by atoms with E-state index in [0.717, 1.165) is 81.1 Å². The third-order valence-corrected chi connectivity index (χ3v) is 14.0. The maximum Gasteiger partial charge on any atom is 2.00 e. The van der Waals surface area contributed by atoms with Crippen molar-refractivity contribution in [2.24, 2.45) is 29.6 Å². The number of nitrogens with zero attached hydrogens (tertiary/aromatic N) is 2. The molecule has 0 unspecified atom stereocenters. The average Bonchev–Trinajstić information content (AvgIpc) is 3.99. The number of aromatic nitrogens is 3. The minimum absolute atomic E-state index is 0. The van der Waals surface area contributed by atoms with Crippen molar-refractivity contribution < 1.29 is 23.9 Å². The summed E-state index contributed by atoms with van der Waals surface area (Å²) in [7, 11) is 1.31. The molecule has 0 amide bonds. The van der Waals surface area contributed by atoms with Crippen LogP contribution in [0, 0.1) is 50.4 Å². The largest absolute Gasteiger partial charge is 2.00 e. The first-order chi connectivity index (χ1) is 30.2. The maximum atomic E-state index is 14.4. The van der Waals surface area contributed by atoms with Crippen molar-refractivity contribution >= 4 is 70.7 Å². The maximum absolute atomic E-state index is 14.4. The monoisotopic (exact) mass is 881 g/mol. The van der Waals surface area contributed by atoms with Crippen LogP contribution in [0.3, 0.4) is 0 Å². The molecule has 10 heteroatoms. The number of nitrogens with one attached hydrogen (secondary N) is 2. The fourth-order valence-corrected chi connectivity index (χ4v) is 10.0. The van der Waals surface area contributed by atoms with E-state index in [1.165, 1.54) is 64.0 Å². The van der Waals surface area contributed by atoms with Crippen LogP contribution in [0.1, 0.15) is 180 Å². The minimum atomic E-state index is -1.18. The van der Waals surface area contributed by atoms with E-state index >= 15 is 0 Å². The molecule has 4 atom stereocenters. The van der Waals surface area contributed by atoms with Gasteiger partial charge >= 0.3 is 35.0 Å². The minimum Gasteiger partial charge on any atom is -0.657 e. The van der Waals surface area contributed by atoms with Gasteiger partial charge in [-0.15, -0.1) is 22.8 Å². The normalized spacial score (nSPS) is 21.3. The Hall–Kier alpha value is -4.28. The summed E-state index contributed by atoms with van der Waals surface area (Å²) in [4.78, 5) is 55.2. The van der Waals surface area contributed by atoms with Gasteiger partial charge in [0.2, 0.25) is 0 Å². The summed E-state index contributed by atoms with van der Waals surface area (Å²) in [5.74, 6) is -1.26. The van der Waals surface area contributed by atoms with Crippen molar-refractivity contribution in [2.45, 2.75) is 146 Å². The summed E-state index contributed by atoms with van der Waals surface area (Å²) in [5.41, 5.74) is 11.5. The Balaban J connectivity index is 0.00000771. The predicted octanol–water partition coefficient (Wildman–Crippen LogP) is 9.71. The fourth-order valence-electron chi connectivity index (χ4n) is 10.0. The molecule has 5 heterocycles. The Bertz CT molecular complexity index is 2420. The number of carbonyl (C=O) groups is 3. The number of hydrogen-bond acceptors (Lipinski definition) is 6. The predicted molar refractivity (Wildman–Crippen MR) is 261 cm³/mol. The Morgan fingerprint density at radius 1 is 0.875 bits per heavy atom. The number of Topliss-reactive ketones (excluding diaryl/α,β-unsaturated/α-hetero) is 1. The van der Waals surface area contributed by atoms with Crippen molar-refractivity contribution in [1.82, 2.24) is 20.3 Å². The second-order valence-electron chi connectivity index (χ2n) is 18.9. The van der Waals surface area contributed by atoms with Crippen molar-refractivity contribution in [3.63, 3.8) is 0 Å². The standard InChI is InChI=1S/C54H73N4O5.Mg/c1-12-38-34(7)41-28-43-36(9)40(24-25-47(59)63-27-26-33(6)23-19-22-32(5)21-18-16-14-15-17-20-31(3)4)51(57-43)49-50(54(61)62-11)53(60)48-37(10)44(58-52(48)49)30-46-39(13-2)35(8)42(56-46)29-45(38)55-41;/h12,26,28-32,36,40,50,56H,1,13-25,27H2,2-11H3,(H2,57,58,60);/q-1;+2/p-1/b33-26+,42-29-,43-28-,46-30-;/t32-,36+,40+,50-;/m1./s1. The van der Waals surface area contributed by atoms with Crippen LogP contribution in [-0.4, -0.2) is 59.5 Å². The van der Waals surface area contributed by atoms with Crippen LogP contribution in [0.4, 0.5) is 0 Å². The van der Waals surface area contributed by atoms with Crippen molar-refractivity contribution in [3.8, 4) is 0 Å². The molecule has 1 fully saturated rings. The van der Waals surface area contributed by atoms with Gasteiger partial charge in [0, 0.05) is 45.9 Å². The number of unbranched alkanes of at least 4 members (excludes halogenated alkanes) is 4. The number of aromatic amines is 1. The summed E-state index contributed by atoms with van der Waals surface area (Å²) < 4.78 is 11.1. The number of esters is 2. The zero-order valence-corrected chi connectivity index (χ0v) is 41.9. The van der Waals surface area contributed by atoms with E-state index in [1.54, 1.807) is 0 Å². The van der Waals surface area contributed by atoms with Crippen molar-refractivity contribution in [1.29, 1.82) is 0 Å². The molecule has 0 radical (unpaired) electrons. The first-order valence-corrected chi connectivity index (χ1v) is 23.7. The molecule has 0 saturated carbocycles. The topological polar surface area (TPSA) is 126 Å². The molecule has 6 rings (SSSR count). The van der Waals surface area contributed by atoms with Gasteiger partial charge < -0.3 is 29.7 Å². The van der Waals surface area contributed by atoms with Crippen LogP contribution in [0.25, 0.3) is 29.9 Å². The summed E-state index contributed by atoms with van der Waals surface area (Å²) >= 11 is 0. The van der Waals surface area contributed by atoms with Gasteiger partial charge in [0.25, 0.3) is 0 Å². The van der Waals surface area contributed by atoms with Gasteiger partial charge in [0.1, 0.15) is 12.5 Å². The summed E-state index contributed by atoms with van der Waals surface area (Å²) in [6.07, 6.45) is 24.2. The van der Waals surface area contributed by atoms with Gasteiger partial charge in [-0.2, -0.15) is 0 Å². The number of H-pyrrole nitrogens is 1. The summed E-state index contributed by atoms with van der Waals surface area (Å²) in [6, 6.07) is 0. The average molecular weight is 881 g/mol. The van der Waals surface area contributed by atoms with E-state index < -0.39 is 11.9 Å². The zero-order valence-electron chi connectivity index (χ0n) is 40.5. The molecule has 1 aliphatic carbocycles. The number of ether oxygens (including phenoxy) is 2. The number of rotatable bonds is 20. The van der Waals surface area contributed by atoms with Crippen LogP contribution in [0.5, 0.6) is 0 Å². The Labute approximate surface area is 398 Å². The molecule has 1 saturated heterocycles. The smallest absolute Gasteiger partial charge is 0.657 e. The SMILES string of the molecule is C=Cc1c2[n-]c(c1C)/C=C1\N/C(=C3\c4[n-]c(c(C)c4C(=O)[C@@H]3C(=O)OC)/C=c3\[nH]/c(c(C)c3CC)=C\2)[C@@H](CCC(=O)OC/C=C(\C)CCC[C@H](C)CCCCCCCC(C)C)[C@@H]1C.[Mg+2]. The number of ketones is 1. The van der Waals surface area contributed by atoms with Crippen LogP contribution in [-0.2, 0) is 25.5 Å². The molecule has 0 aromatic carbocycles. The van der Waals surface area contributed by atoms with Crippen molar-refractivity contribution in [3.05, 3.63) is 96.5 Å². The van der Waals surface area contributed by atoms with Gasteiger partial charge in [-0.1, -0.05) is 134 Å². The summed E-state index contributed by atoms with van der Waals surface area (Å²) in [5, 5.41) is 5.53. The quantitative estimate of drug-likeness (QED) is 0.0378. The molecule has 9 nitrogen and oxygen atoms in total. The molecular formula is C54H72MgN4O5. The number of methoxy groups -OCH3 is 1. The molecule has 340 valence electrons. The van der Waals surface area contributed by atoms with E-state index in [9.17, 15) is 14.4 Å². The van der Waals surface area contributed by atoms with Gasteiger partial charge in [-0.3, -0.25) is 14.4 Å². The number of carbonyl (C=O) groups excluding carboxylic acids is 3. The van der Waals surface area contributed by atoms with Crippen molar-refractivity contribution in [2.75, 3.05) is 13.7 Å². The third-order valence-electron chi connectivity index (χ3n) is 14.0. The molecule has 8 bridgehead atoms. The van der Waals surface area contributed by atoms with Gasteiger partial charge in [0.15, 0.2) is 5.78 Å². The van der Waals surface area contributed by atoms with Crippen LogP contribution < -0.4 is 26.0 Å². The number of hydrogen-bond donors (Lipinski definition) is 2. The molecule has 3 aromatic heterocycles.